The predicted octanol–water partition coefficient (Wildman–Crippen LogP) is 4.35. The number of benzene rings is 2. The van der Waals surface area contributed by atoms with Crippen molar-refractivity contribution in [3.63, 3.8) is 0 Å². The van der Waals surface area contributed by atoms with Crippen molar-refractivity contribution < 1.29 is 14.3 Å². The molecule has 0 atom stereocenters. The van der Waals surface area contributed by atoms with E-state index in [2.05, 4.69) is 10.6 Å². The van der Waals surface area contributed by atoms with Gasteiger partial charge < -0.3 is 15.0 Å². The van der Waals surface area contributed by atoms with Crippen LogP contribution in [0.3, 0.4) is 0 Å². The van der Waals surface area contributed by atoms with E-state index < -0.39 is 11.7 Å². The zero-order valence-corrected chi connectivity index (χ0v) is 15.8. The number of nitrogens with one attached hydrogen (secondary N) is 2. The third-order valence-electron chi connectivity index (χ3n) is 3.41. The minimum Gasteiger partial charge on any atom is -0.444 e. The first kappa shape index (κ1) is 19.3. The van der Waals surface area contributed by atoms with E-state index in [1.54, 1.807) is 51.1 Å². The first-order valence-corrected chi connectivity index (χ1v) is 8.33. The highest BCUT2D eigenvalue weighted by molar-refractivity contribution is 6.05. The molecule has 0 fully saturated rings. The summed E-state index contributed by atoms with van der Waals surface area (Å²) in [6, 6.07) is 14.2. The van der Waals surface area contributed by atoms with Crippen LogP contribution in [0.2, 0.25) is 0 Å². The number of anilines is 3. The van der Waals surface area contributed by atoms with E-state index in [0.717, 1.165) is 5.69 Å². The molecule has 2 N–H and O–H groups in total. The van der Waals surface area contributed by atoms with Crippen LogP contribution in [0.1, 0.15) is 31.1 Å². The Kier molecular flexibility index (Phi) is 5.87. The van der Waals surface area contributed by atoms with Crippen molar-refractivity contribution in [2.24, 2.45) is 0 Å². The summed E-state index contributed by atoms with van der Waals surface area (Å²) in [6.45, 7) is 5.41. The highest BCUT2D eigenvalue weighted by Gasteiger charge is 2.16. The monoisotopic (exact) mass is 355 g/mol. The fourth-order valence-corrected chi connectivity index (χ4v) is 2.19. The van der Waals surface area contributed by atoms with E-state index in [0.29, 0.717) is 16.9 Å². The van der Waals surface area contributed by atoms with Crippen LogP contribution in [-0.4, -0.2) is 31.7 Å². The summed E-state index contributed by atoms with van der Waals surface area (Å²) in [5, 5.41) is 5.49. The van der Waals surface area contributed by atoms with Crippen LogP contribution in [-0.2, 0) is 4.74 Å². The van der Waals surface area contributed by atoms with Crippen LogP contribution in [0.15, 0.2) is 48.5 Å². The molecule has 26 heavy (non-hydrogen) atoms. The molecule has 2 rings (SSSR count). The molecule has 0 aromatic heterocycles. The van der Waals surface area contributed by atoms with Gasteiger partial charge in [-0.25, -0.2) is 4.79 Å². The van der Waals surface area contributed by atoms with E-state index in [1.165, 1.54) is 0 Å². The van der Waals surface area contributed by atoms with Crippen molar-refractivity contribution in [2.45, 2.75) is 26.4 Å². The van der Waals surface area contributed by atoms with Gasteiger partial charge in [0.25, 0.3) is 5.91 Å². The van der Waals surface area contributed by atoms with Crippen molar-refractivity contribution in [3.05, 3.63) is 54.1 Å². The second-order valence-electron chi connectivity index (χ2n) is 7.10. The average Bonchev–Trinajstić information content (AvgIpc) is 2.55. The number of ether oxygens (including phenoxy) is 1. The molecule has 0 aliphatic carbocycles. The maximum absolute atomic E-state index is 12.4. The highest BCUT2D eigenvalue weighted by Crippen LogP contribution is 2.18. The van der Waals surface area contributed by atoms with Gasteiger partial charge in [0.05, 0.1) is 0 Å². The molecule has 0 unspecified atom stereocenters. The standard InChI is InChI=1S/C20H25N3O3/c1-20(2,3)26-19(25)22-16-11-9-15(10-12-16)21-18(24)14-7-6-8-17(13-14)23(4)5/h6-13H,1-5H3,(H,21,24)(H,22,25). The zero-order valence-electron chi connectivity index (χ0n) is 15.8. The first-order valence-electron chi connectivity index (χ1n) is 8.33. The highest BCUT2D eigenvalue weighted by atomic mass is 16.6. The Bertz CT molecular complexity index is 778. The van der Waals surface area contributed by atoms with E-state index in [1.807, 2.05) is 37.2 Å². The van der Waals surface area contributed by atoms with Gasteiger partial charge in [-0.2, -0.15) is 0 Å². The van der Waals surface area contributed by atoms with Gasteiger partial charge in [0.15, 0.2) is 0 Å². The van der Waals surface area contributed by atoms with Crippen LogP contribution in [0.5, 0.6) is 0 Å². The van der Waals surface area contributed by atoms with Gasteiger partial charge in [-0.3, -0.25) is 10.1 Å². The van der Waals surface area contributed by atoms with Gasteiger partial charge in [-0.15, -0.1) is 0 Å². The van der Waals surface area contributed by atoms with Crippen molar-refractivity contribution in [1.29, 1.82) is 0 Å². The molecule has 0 spiro atoms. The van der Waals surface area contributed by atoms with Crippen molar-refractivity contribution in [3.8, 4) is 0 Å². The van der Waals surface area contributed by atoms with Crippen LogP contribution in [0, 0.1) is 0 Å². The van der Waals surface area contributed by atoms with Crippen molar-refractivity contribution in [1.82, 2.24) is 0 Å². The van der Waals surface area contributed by atoms with Crippen LogP contribution >= 0.6 is 0 Å². The molecule has 6 nitrogen and oxygen atoms in total. The Morgan fingerprint density at radius 3 is 2.04 bits per heavy atom. The molecule has 0 heterocycles. The molecule has 0 radical (unpaired) electrons. The summed E-state index contributed by atoms with van der Waals surface area (Å²) in [6.07, 6.45) is -0.519. The Labute approximate surface area is 154 Å². The molecule has 0 saturated heterocycles. The lowest BCUT2D eigenvalue weighted by molar-refractivity contribution is 0.0635. The fourth-order valence-electron chi connectivity index (χ4n) is 2.19. The van der Waals surface area contributed by atoms with Gasteiger partial charge in [-0.05, 0) is 63.2 Å². The number of hydrogen-bond donors (Lipinski definition) is 2. The molecule has 2 amide bonds. The normalized spacial score (nSPS) is 10.8. The van der Waals surface area contributed by atoms with Gasteiger partial charge in [0, 0.05) is 36.7 Å². The SMILES string of the molecule is CN(C)c1cccc(C(=O)Nc2ccc(NC(=O)OC(C)(C)C)cc2)c1. The van der Waals surface area contributed by atoms with Crippen molar-refractivity contribution in [2.75, 3.05) is 29.6 Å². The summed E-state index contributed by atoms with van der Waals surface area (Å²) in [5.74, 6) is -0.193. The predicted molar refractivity (Wildman–Crippen MR) is 105 cm³/mol. The second-order valence-corrected chi connectivity index (χ2v) is 7.10. The number of amides is 2. The third-order valence-corrected chi connectivity index (χ3v) is 3.41. The minimum atomic E-state index is -0.556. The lowest BCUT2D eigenvalue weighted by Gasteiger charge is -2.19. The number of nitrogens with zero attached hydrogens (tertiary/aromatic N) is 1. The largest absolute Gasteiger partial charge is 0.444 e. The molecule has 0 aliphatic rings. The van der Waals surface area contributed by atoms with Crippen LogP contribution in [0.4, 0.5) is 21.9 Å². The van der Waals surface area contributed by atoms with Gasteiger partial charge >= 0.3 is 6.09 Å². The molecular formula is C20H25N3O3. The number of carbonyl (C=O) groups is 2. The first-order chi connectivity index (χ1) is 12.1. The zero-order chi connectivity index (χ0) is 19.3. The third kappa shape index (κ3) is 5.81. The van der Waals surface area contributed by atoms with Gasteiger partial charge in [-0.1, -0.05) is 6.07 Å². The lowest BCUT2D eigenvalue weighted by Crippen LogP contribution is -2.27. The smallest absolute Gasteiger partial charge is 0.412 e. The Morgan fingerprint density at radius 2 is 1.50 bits per heavy atom. The fraction of sp³-hybridized carbons (Fsp3) is 0.300. The number of rotatable bonds is 4. The second kappa shape index (κ2) is 7.91. The maximum Gasteiger partial charge on any atom is 0.412 e. The summed E-state index contributed by atoms with van der Waals surface area (Å²) >= 11 is 0. The Morgan fingerprint density at radius 1 is 0.923 bits per heavy atom. The Hall–Kier alpha value is -3.02. The average molecular weight is 355 g/mol. The van der Waals surface area contributed by atoms with Crippen LogP contribution < -0.4 is 15.5 Å². The Balaban J connectivity index is 1.99. The molecular weight excluding hydrogens is 330 g/mol. The summed E-state index contributed by atoms with van der Waals surface area (Å²) in [7, 11) is 3.85. The lowest BCUT2D eigenvalue weighted by atomic mass is 10.1. The topological polar surface area (TPSA) is 70.7 Å². The molecule has 2 aromatic rings. The molecule has 0 aliphatic heterocycles. The van der Waals surface area contributed by atoms with E-state index in [-0.39, 0.29) is 5.91 Å². The maximum atomic E-state index is 12.4. The number of hydrogen-bond acceptors (Lipinski definition) is 4. The molecule has 0 saturated carbocycles. The van der Waals surface area contributed by atoms with E-state index in [9.17, 15) is 9.59 Å². The molecule has 138 valence electrons. The molecule has 2 aromatic carbocycles. The summed E-state index contributed by atoms with van der Waals surface area (Å²) in [5.41, 5.74) is 2.20. The van der Waals surface area contributed by atoms with Gasteiger partial charge in [0.1, 0.15) is 5.60 Å². The molecule has 0 bridgehead atoms. The van der Waals surface area contributed by atoms with E-state index >= 15 is 0 Å². The van der Waals surface area contributed by atoms with Crippen molar-refractivity contribution >= 4 is 29.1 Å². The number of carbonyl (C=O) groups excluding carboxylic acids is 2. The van der Waals surface area contributed by atoms with Gasteiger partial charge in [0.2, 0.25) is 0 Å². The van der Waals surface area contributed by atoms with Crippen LogP contribution in [0.25, 0.3) is 0 Å². The quantitative estimate of drug-likeness (QED) is 0.855. The molecule has 6 heteroatoms. The van der Waals surface area contributed by atoms with E-state index in [4.69, 9.17) is 4.74 Å². The summed E-state index contributed by atoms with van der Waals surface area (Å²) in [4.78, 5) is 26.1. The summed E-state index contributed by atoms with van der Waals surface area (Å²) < 4.78 is 5.20. The minimum absolute atomic E-state index is 0.193.